The van der Waals surface area contributed by atoms with E-state index in [1.54, 1.807) is 0 Å². The third-order valence-electron chi connectivity index (χ3n) is 4.70. The summed E-state index contributed by atoms with van der Waals surface area (Å²) in [5, 5.41) is 9.38. The third kappa shape index (κ3) is 6.25. The first kappa shape index (κ1) is 25.3. The first-order chi connectivity index (χ1) is 14.7. The molecule has 0 saturated carbocycles. The van der Waals surface area contributed by atoms with Gasteiger partial charge in [-0.3, -0.25) is 9.78 Å². The first-order valence-corrected chi connectivity index (χ1v) is 10.1. The van der Waals surface area contributed by atoms with Gasteiger partial charge in [-0.15, -0.1) is 35.9 Å². The molecule has 1 N–H and O–H groups in total. The molecule has 0 fully saturated rings. The van der Waals surface area contributed by atoms with E-state index in [1.807, 2.05) is 30.3 Å². The molecule has 0 saturated heterocycles. The van der Waals surface area contributed by atoms with E-state index in [1.165, 1.54) is 36.6 Å². The molecule has 4 aromatic rings. The molecule has 4 nitrogen and oxygen atoms in total. The summed E-state index contributed by atoms with van der Waals surface area (Å²) in [5.74, 6) is 0.814. The summed E-state index contributed by atoms with van der Waals surface area (Å²) in [4.78, 5) is 14.7. The number of nitrogens with zero attached hydrogens (tertiary/aromatic N) is 1. The summed E-state index contributed by atoms with van der Waals surface area (Å²) in [6.07, 6.45) is 1.17. The first-order valence-electron chi connectivity index (χ1n) is 10.1. The average Bonchev–Trinajstić information content (AvgIpc) is 3.10. The van der Waals surface area contributed by atoms with Gasteiger partial charge in [0.2, 0.25) is 5.71 Å². The van der Waals surface area contributed by atoms with Crippen molar-refractivity contribution in [3.63, 3.8) is 0 Å². The molecule has 167 valence electrons. The number of allylic oxidation sites excluding steroid dienone is 2. The second kappa shape index (κ2) is 11.0. The molecule has 2 aromatic carbocycles. The Hall–Kier alpha value is -3.01. The van der Waals surface area contributed by atoms with Crippen LogP contribution in [0.2, 0.25) is 0 Å². The SMILES string of the molecule is CC(=O)/C=C(/C)O.Cc1cc(C)c(-c2cc3ccc(-c4[c-]cccc4)nc3o2)c(C)c1.[Ir]. The minimum atomic E-state index is -0.125. The van der Waals surface area contributed by atoms with Crippen LogP contribution in [-0.4, -0.2) is 15.9 Å². The Morgan fingerprint density at radius 2 is 1.72 bits per heavy atom. The van der Waals surface area contributed by atoms with Crippen LogP contribution in [0.15, 0.2) is 70.8 Å². The molecule has 32 heavy (non-hydrogen) atoms. The smallest absolute Gasteiger partial charge is 0.217 e. The number of aliphatic hydroxyl groups excluding tert-OH is 1. The van der Waals surface area contributed by atoms with Crippen molar-refractivity contribution >= 4 is 16.9 Å². The number of furan rings is 1. The Balaban J connectivity index is 0.000000398. The molecule has 0 bridgehead atoms. The second-order valence-corrected chi connectivity index (χ2v) is 7.65. The van der Waals surface area contributed by atoms with Gasteiger partial charge in [-0.05, 0) is 57.5 Å². The van der Waals surface area contributed by atoms with E-state index < -0.39 is 0 Å². The topological polar surface area (TPSA) is 63.3 Å². The van der Waals surface area contributed by atoms with E-state index in [9.17, 15) is 4.79 Å². The van der Waals surface area contributed by atoms with Crippen LogP contribution in [0.5, 0.6) is 0 Å². The van der Waals surface area contributed by atoms with Gasteiger partial charge in [0.1, 0.15) is 5.76 Å². The number of aryl methyl sites for hydroxylation is 3. The zero-order valence-electron chi connectivity index (χ0n) is 18.8. The zero-order chi connectivity index (χ0) is 22.5. The number of benzene rings is 2. The van der Waals surface area contributed by atoms with E-state index in [0.717, 1.165) is 28.0 Å². The van der Waals surface area contributed by atoms with Gasteiger partial charge in [0.05, 0.1) is 5.76 Å². The third-order valence-corrected chi connectivity index (χ3v) is 4.70. The number of rotatable bonds is 3. The Bertz CT molecular complexity index is 1230. The summed E-state index contributed by atoms with van der Waals surface area (Å²) in [5.41, 5.74) is 7.39. The van der Waals surface area contributed by atoms with Crippen LogP contribution in [0.4, 0.5) is 0 Å². The number of fused-ring (bicyclic) bond motifs is 1. The predicted octanol–water partition coefficient (Wildman–Crippen LogP) is 6.92. The van der Waals surface area contributed by atoms with Crippen molar-refractivity contribution in [1.82, 2.24) is 4.98 Å². The van der Waals surface area contributed by atoms with E-state index in [-0.39, 0.29) is 31.6 Å². The Labute approximate surface area is 202 Å². The van der Waals surface area contributed by atoms with Crippen molar-refractivity contribution in [2.75, 3.05) is 0 Å². The summed E-state index contributed by atoms with van der Waals surface area (Å²) in [7, 11) is 0. The summed E-state index contributed by atoms with van der Waals surface area (Å²) in [6.45, 7) is 9.22. The van der Waals surface area contributed by atoms with Crippen LogP contribution in [0.1, 0.15) is 30.5 Å². The molecule has 0 atom stereocenters. The Morgan fingerprint density at radius 1 is 1.03 bits per heavy atom. The number of hydrogen-bond donors (Lipinski definition) is 1. The van der Waals surface area contributed by atoms with Gasteiger partial charge in [0.15, 0.2) is 5.78 Å². The van der Waals surface area contributed by atoms with Crippen LogP contribution >= 0.6 is 0 Å². The molecule has 0 amide bonds. The number of aromatic nitrogens is 1. The molecule has 0 aliphatic carbocycles. The fraction of sp³-hybridized carbons (Fsp3) is 0.185. The maximum atomic E-state index is 10.0. The summed E-state index contributed by atoms with van der Waals surface area (Å²) >= 11 is 0. The van der Waals surface area contributed by atoms with Crippen LogP contribution in [0, 0.1) is 26.8 Å². The molecule has 2 heterocycles. The van der Waals surface area contributed by atoms with Crippen LogP contribution in [-0.2, 0) is 24.9 Å². The fourth-order valence-electron chi connectivity index (χ4n) is 3.61. The molecule has 0 aliphatic heterocycles. The van der Waals surface area contributed by atoms with Crippen molar-refractivity contribution in [3.8, 4) is 22.6 Å². The van der Waals surface area contributed by atoms with Gasteiger partial charge < -0.3 is 9.52 Å². The zero-order valence-corrected chi connectivity index (χ0v) is 21.2. The predicted molar refractivity (Wildman–Crippen MR) is 125 cm³/mol. The molecular formula is C27H26IrNO3-. The average molecular weight is 605 g/mol. The quantitative estimate of drug-likeness (QED) is 0.157. The molecule has 0 spiro atoms. The molecule has 2 aromatic heterocycles. The van der Waals surface area contributed by atoms with Crippen molar-refractivity contribution in [1.29, 1.82) is 0 Å². The number of ketones is 1. The van der Waals surface area contributed by atoms with E-state index in [4.69, 9.17) is 9.52 Å². The molecule has 5 heteroatoms. The standard InChI is InChI=1S/C22H18NO.C5H8O2.Ir/c1-14-11-15(2)21(16(3)12-14)20-13-18-9-10-19(23-22(18)24-20)17-7-5-4-6-8-17;1-4(6)3-5(2)7;/h4-7,9-13H,1-3H3;3,6H,1-2H3;/q-1;;/b;4-3-;. The number of pyridine rings is 1. The van der Waals surface area contributed by atoms with E-state index in [0.29, 0.717) is 5.71 Å². The number of carbonyl (C=O) groups is 1. The second-order valence-electron chi connectivity index (χ2n) is 7.65. The van der Waals surface area contributed by atoms with Gasteiger partial charge in [0.25, 0.3) is 0 Å². The Morgan fingerprint density at radius 3 is 2.25 bits per heavy atom. The maximum Gasteiger partial charge on any atom is 0.217 e. The molecule has 1 radical (unpaired) electrons. The Kier molecular flexibility index (Phi) is 8.71. The largest absolute Gasteiger partial charge is 0.512 e. The van der Waals surface area contributed by atoms with Gasteiger partial charge in [-0.1, -0.05) is 29.8 Å². The van der Waals surface area contributed by atoms with Gasteiger partial charge in [-0.25, -0.2) is 0 Å². The van der Waals surface area contributed by atoms with E-state index in [2.05, 4.69) is 56.1 Å². The van der Waals surface area contributed by atoms with E-state index >= 15 is 0 Å². The van der Waals surface area contributed by atoms with Crippen molar-refractivity contribution < 1.29 is 34.4 Å². The summed E-state index contributed by atoms with van der Waals surface area (Å²) < 4.78 is 6.09. The van der Waals surface area contributed by atoms with Crippen molar-refractivity contribution in [2.45, 2.75) is 34.6 Å². The number of carbonyl (C=O) groups excluding carboxylic acids is 1. The van der Waals surface area contributed by atoms with Crippen molar-refractivity contribution in [3.05, 3.63) is 89.2 Å². The molecule has 4 rings (SSSR count). The maximum absolute atomic E-state index is 10.0. The summed E-state index contributed by atoms with van der Waals surface area (Å²) in [6, 6.07) is 21.6. The van der Waals surface area contributed by atoms with Crippen molar-refractivity contribution in [2.24, 2.45) is 0 Å². The fourth-order valence-corrected chi connectivity index (χ4v) is 3.61. The molecular weight excluding hydrogens is 579 g/mol. The van der Waals surface area contributed by atoms with Crippen LogP contribution < -0.4 is 0 Å². The van der Waals surface area contributed by atoms with Crippen LogP contribution in [0.3, 0.4) is 0 Å². The van der Waals surface area contributed by atoms with Gasteiger partial charge in [-0.2, -0.15) is 0 Å². The van der Waals surface area contributed by atoms with Crippen LogP contribution in [0.25, 0.3) is 33.7 Å². The number of hydrogen-bond acceptors (Lipinski definition) is 4. The number of aliphatic hydroxyl groups is 1. The van der Waals surface area contributed by atoms with Gasteiger partial charge in [0, 0.05) is 37.1 Å². The van der Waals surface area contributed by atoms with Gasteiger partial charge >= 0.3 is 0 Å². The molecule has 0 unspecified atom stereocenters. The minimum Gasteiger partial charge on any atom is -0.512 e. The monoisotopic (exact) mass is 605 g/mol. The minimum absolute atomic E-state index is 0. The molecule has 0 aliphatic rings. The normalized spacial score (nSPS) is 10.8.